The van der Waals surface area contributed by atoms with Gasteiger partial charge in [-0.2, -0.15) is 0 Å². The predicted molar refractivity (Wildman–Crippen MR) is 68.0 cm³/mol. The number of ether oxygens (including phenoxy) is 1. The van der Waals surface area contributed by atoms with Crippen molar-refractivity contribution in [3.63, 3.8) is 0 Å². The van der Waals surface area contributed by atoms with Gasteiger partial charge < -0.3 is 20.3 Å². The van der Waals surface area contributed by atoms with Crippen molar-refractivity contribution >= 4 is 17.3 Å². The Bertz CT molecular complexity index is 412. The number of carboxylic acids is 1. The summed E-state index contributed by atoms with van der Waals surface area (Å²) in [6.07, 6.45) is 1.29. The minimum atomic E-state index is -0.902. The summed E-state index contributed by atoms with van der Waals surface area (Å²) >= 11 is 1.41. The van der Waals surface area contributed by atoms with Crippen LogP contribution >= 0.6 is 11.3 Å². The van der Waals surface area contributed by atoms with E-state index < -0.39 is 11.6 Å². The first-order valence-corrected chi connectivity index (χ1v) is 6.79. The molecule has 0 unspecified atom stereocenters. The van der Waals surface area contributed by atoms with Crippen LogP contribution in [-0.2, 0) is 11.3 Å². The van der Waals surface area contributed by atoms with Crippen LogP contribution in [0.1, 0.15) is 28.1 Å². The molecule has 0 bridgehead atoms. The van der Waals surface area contributed by atoms with Crippen LogP contribution in [0.15, 0.2) is 11.4 Å². The molecule has 0 radical (unpaired) electrons. The van der Waals surface area contributed by atoms with Gasteiger partial charge in [0.1, 0.15) is 0 Å². The number of carboxylic acid groups (broad SMARTS) is 1. The van der Waals surface area contributed by atoms with Crippen LogP contribution in [0, 0.1) is 0 Å². The average molecular weight is 271 g/mol. The number of thiophene rings is 1. The fraction of sp³-hybridized carbons (Fsp3) is 0.583. The molecule has 100 valence electrons. The highest BCUT2D eigenvalue weighted by molar-refractivity contribution is 7.10. The van der Waals surface area contributed by atoms with E-state index >= 15 is 0 Å². The zero-order chi connectivity index (χ0) is 13.0. The Balaban J connectivity index is 1.78. The summed E-state index contributed by atoms with van der Waals surface area (Å²) in [6, 6.07) is 1.66. The molecule has 2 rings (SSSR count). The Morgan fingerprint density at radius 2 is 2.22 bits per heavy atom. The van der Waals surface area contributed by atoms with Gasteiger partial charge in [-0.05, 0) is 6.07 Å². The van der Waals surface area contributed by atoms with Gasteiger partial charge in [0.25, 0.3) is 0 Å². The molecule has 1 aliphatic rings. The van der Waals surface area contributed by atoms with Gasteiger partial charge in [-0.25, -0.2) is 4.79 Å². The molecule has 3 N–H and O–H groups in total. The summed E-state index contributed by atoms with van der Waals surface area (Å²) < 4.78 is 5.21. The highest BCUT2D eigenvalue weighted by Gasteiger charge is 2.29. The number of aliphatic hydroxyl groups is 1. The van der Waals surface area contributed by atoms with E-state index in [4.69, 9.17) is 9.84 Å². The number of hydrogen-bond donors (Lipinski definition) is 3. The van der Waals surface area contributed by atoms with Crippen LogP contribution in [0.2, 0.25) is 0 Å². The Hall–Kier alpha value is -0.950. The first kappa shape index (κ1) is 13.5. The molecule has 0 aliphatic carbocycles. The largest absolute Gasteiger partial charge is 0.478 e. The van der Waals surface area contributed by atoms with Crippen LogP contribution in [0.25, 0.3) is 0 Å². The molecule has 1 aliphatic heterocycles. The van der Waals surface area contributed by atoms with Gasteiger partial charge >= 0.3 is 5.97 Å². The van der Waals surface area contributed by atoms with Crippen LogP contribution in [0.3, 0.4) is 0 Å². The second-order valence-corrected chi connectivity index (χ2v) is 5.54. The molecule has 18 heavy (non-hydrogen) atoms. The molecule has 2 heterocycles. The first-order valence-electron chi connectivity index (χ1n) is 5.91. The highest BCUT2D eigenvalue weighted by atomic mass is 32.1. The van der Waals surface area contributed by atoms with Crippen LogP contribution in [-0.4, -0.2) is 41.5 Å². The maximum absolute atomic E-state index is 10.7. The number of hydrogen-bond acceptors (Lipinski definition) is 5. The SMILES string of the molecule is O=C(O)c1csc(CNCC2(O)CCOCC2)c1. The van der Waals surface area contributed by atoms with E-state index in [1.165, 1.54) is 11.3 Å². The molecule has 1 aromatic heterocycles. The van der Waals surface area contributed by atoms with E-state index in [0.717, 1.165) is 4.88 Å². The number of carbonyl (C=O) groups is 1. The molecule has 5 nitrogen and oxygen atoms in total. The summed E-state index contributed by atoms with van der Waals surface area (Å²) in [5.41, 5.74) is -0.368. The van der Waals surface area contributed by atoms with Crippen molar-refractivity contribution in [2.75, 3.05) is 19.8 Å². The minimum Gasteiger partial charge on any atom is -0.478 e. The minimum absolute atomic E-state index is 0.321. The van der Waals surface area contributed by atoms with Crippen LogP contribution in [0.4, 0.5) is 0 Å². The summed E-state index contributed by atoms with van der Waals surface area (Å²) in [5.74, 6) is -0.902. The van der Waals surface area contributed by atoms with Crippen molar-refractivity contribution < 1.29 is 19.7 Å². The summed E-state index contributed by atoms with van der Waals surface area (Å²) in [5, 5.41) is 23.8. The molecule has 1 fully saturated rings. The van der Waals surface area contributed by atoms with Gasteiger partial charge in [0.05, 0.1) is 11.2 Å². The Labute approximate surface area is 109 Å². The quantitative estimate of drug-likeness (QED) is 0.747. The topological polar surface area (TPSA) is 78.8 Å². The molecule has 0 atom stereocenters. The smallest absolute Gasteiger partial charge is 0.336 e. The van der Waals surface area contributed by atoms with Gasteiger partial charge in [-0.3, -0.25) is 0 Å². The summed E-state index contributed by atoms with van der Waals surface area (Å²) in [4.78, 5) is 11.7. The predicted octanol–water partition coefficient (Wildman–Crippen LogP) is 1.08. The Morgan fingerprint density at radius 1 is 1.50 bits per heavy atom. The zero-order valence-electron chi connectivity index (χ0n) is 10.0. The van der Waals surface area contributed by atoms with Gasteiger partial charge in [0.2, 0.25) is 0 Å². The van der Waals surface area contributed by atoms with E-state index in [1.807, 2.05) is 0 Å². The average Bonchev–Trinajstić information content (AvgIpc) is 2.78. The Morgan fingerprint density at radius 3 is 2.83 bits per heavy atom. The van der Waals surface area contributed by atoms with Crippen molar-refractivity contribution in [3.05, 3.63) is 21.9 Å². The third-order valence-electron chi connectivity index (χ3n) is 3.08. The number of rotatable bonds is 5. The molecule has 1 saturated heterocycles. The lowest BCUT2D eigenvalue weighted by molar-refractivity contribution is -0.0616. The molecule has 0 saturated carbocycles. The molecule has 6 heteroatoms. The van der Waals surface area contributed by atoms with Crippen LogP contribution < -0.4 is 5.32 Å². The molecular weight excluding hydrogens is 254 g/mol. The third kappa shape index (κ3) is 3.52. The van der Waals surface area contributed by atoms with Gasteiger partial charge in [0.15, 0.2) is 0 Å². The van der Waals surface area contributed by atoms with Gasteiger partial charge in [-0.15, -0.1) is 11.3 Å². The second kappa shape index (κ2) is 5.79. The molecule has 1 aromatic rings. The zero-order valence-corrected chi connectivity index (χ0v) is 10.8. The monoisotopic (exact) mass is 271 g/mol. The van der Waals surface area contributed by atoms with Crippen molar-refractivity contribution in [2.45, 2.75) is 25.0 Å². The maximum atomic E-state index is 10.7. The lowest BCUT2D eigenvalue weighted by Crippen LogP contribution is -2.44. The number of nitrogens with one attached hydrogen (secondary N) is 1. The lowest BCUT2D eigenvalue weighted by atomic mass is 9.94. The van der Waals surface area contributed by atoms with Crippen molar-refractivity contribution in [1.82, 2.24) is 5.32 Å². The second-order valence-electron chi connectivity index (χ2n) is 4.55. The summed E-state index contributed by atoms with van der Waals surface area (Å²) in [6.45, 7) is 2.29. The fourth-order valence-electron chi connectivity index (χ4n) is 1.93. The van der Waals surface area contributed by atoms with Crippen molar-refractivity contribution in [2.24, 2.45) is 0 Å². The number of aromatic carboxylic acids is 1. The molecule has 0 amide bonds. The Kier molecular flexibility index (Phi) is 4.34. The van der Waals surface area contributed by atoms with E-state index in [9.17, 15) is 9.90 Å². The van der Waals surface area contributed by atoms with Crippen molar-refractivity contribution in [3.8, 4) is 0 Å². The van der Waals surface area contributed by atoms with Crippen molar-refractivity contribution in [1.29, 1.82) is 0 Å². The molecule has 0 spiro atoms. The van der Waals surface area contributed by atoms with Crippen LogP contribution in [0.5, 0.6) is 0 Å². The third-order valence-corrected chi connectivity index (χ3v) is 4.01. The first-order chi connectivity index (χ1) is 8.59. The van der Waals surface area contributed by atoms with E-state index in [2.05, 4.69) is 5.32 Å². The van der Waals surface area contributed by atoms with Gasteiger partial charge in [-0.1, -0.05) is 0 Å². The maximum Gasteiger partial charge on any atom is 0.336 e. The normalized spacial score (nSPS) is 18.7. The standard InChI is InChI=1S/C12H17NO4S/c14-11(15)9-5-10(18-7-9)6-13-8-12(16)1-3-17-4-2-12/h5,7,13,16H,1-4,6,8H2,(H,14,15). The van der Waals surface area contributed by atoms with E-state index in [1.54, 1.807) is 11.4 Å². The van der Waals surface area contributed by atoms with Gasteiger partial charge in [0, 0.05) is 49.4 Å². The molecular formula is C12H17NO4S. The highest BCUT2D eigenvalue weighted by Crippen LogP contribution is 2.20. The summed E-state index contributed by atoms with van der Waals surface area (Å²) in [7, 11) is 0. The molecule has 0 aromatic carbocycles. The lowest BCUT2D eigenvalue weighted by Gasteiger charge is -2.32. The fourth-order valence-corrected chi connectivity index (χ4v) is 2.76. The van der Waals surface area contributed by atoms with E-state index in [-0.39, 0.29) is 0 Å². The van der Waals surface area contributed by atoms with E-state index in [0.29, 0.717) is 44.7 Å².